The highest BCUT2D eigenvalue weighted by Gasteiger charge is 2.57. The van der Waals surface area contributed by atoms with E-state index in [9.17, 15) is 19.2 Å². The molecule has 274 valence electrons. The van der Waals surface area contributed by atoms with Crippen molar-refractivity contribution in [2.75, 3.05) is 13.1 Å². The third-order valence-corrected chi connectivity index (χ3v) is 8.87. The van der Waals surface area contributed by atoms with E-state index in [1.54, 1.807) is 0 Å². The van der Waals surface area contributed by atoms with Gasteiger partial charge >= 0.3 is 7.69 Å². The lowest BCUT2D eigenvalue weighted by molar-refractivity contribution is -0.140. The summed E-state index contributed by atoms with van der Waals surface area (Å²) in [4.78, 5) is 53.1. The number of rotatable bonds is 22. The van der Waals surface area contributed by atoms with Crippen LogP contribution in [0.15, 0.2) is 60.7 Å². The van der Waals surface area contributed by atoms with Crippen molar-refractivity contribution in [1.29, 1.82) is 10.8 Å². The molecule has 51 heavy (non-hydrogen) atoms. The molecule has 2 unspecified atom stereocenters. The quantitative estimate of drug-likeness (QED) is 0.0194. The molecule has 4 amide bonds. The lowest BCUT2D eigenvalue weighted by atomic mass is 10.0. The highest BCUT2D eigenvalue weighted by Crippen LogP contribution is 2.47. The Morgan fingerprint density at radius 1 is 0.627 bits per heavy atom. The van der Waals surface area contributed by atoms with Gasteiger partial charge in [-0.15, -0.1) is 0 Å². The number of amides is 4. The van der Waals surface area contributed by atoms with Crippen molar-refractivity contribution in [1.82, 2.24) is 31.9 Å². The van der Waals surface area contributed by atoms with Crippen LogP contribution in [-0.4, -0.2) is 68.8 Å². The Morgan fingerprint density at radius 3 is 1.33 bits per heavy atom. The van der Waals surface area contributed by atoms with Crippen molar-refractivity contribution in [3.8, 4) is 0 Å². The molecule has 0 bridgehead atoms. The summed E-state index contributed by atoms with van der Waals surface area (Å²) in [6, 6.07) is 18.8. The lowest BCUT2D eigenvalue weighted by Gasteiger charge is -2.25. The summed E-state index contributed by atoms with van der Waals surface area (Å²) in [6.07, 6.45) is 1.43. The summed E-state index contributed by atoms with van der Waals surface area (Å²) in [5.74, 6) is -2.02. The zero-order chi connectivity index (χ0) is 36.7. The van der Waals surface area contributed by atoms with Crippen LogP contribution in [0.2, 0.25) is 0 Å². The molecule has 2 saturated carbocycles. The number of carbonyl (C=O) groups is 4. The molecule has 0 saturated heterocycles. The standard InChI is InChI=1S/C34H49BN10O6/c36-31(37)40-19-7-13-25(44-29(48)33(15-16-33)27(46)42-21-23-9-3-1-4-10-23)50-35-51-26(14-8-20-41-32(38)39)45-30(49)34(17-18-34)28(47)43-22-24-11-5-2-6-12-24/h1-6,9-12,25-26,35H,7-8,13-22H2,(H,42,46)(H,43,47)(H,44,48)(H,45,49)(H4,36,37,40)(H4,38,39,41). The van der Waals surface area contributed by atoms with E-state index in [2.05, 4.69) is 31.9 Å². The second-order valence-corrected chi connectivity index (χ2v) is 12.8. The molecule has 16 nitrogen and oxygen atoms in total. The minimum absolute atomic E-state index is 0.188. The van der Waals surface area contributed by atoms with Crippen LogP contribution in [0.1, 0.15) is 62.5 Å². The van der Waals surface area contributed by atoms with Crippen LogP contribution in [0.3, 0.4) is 0 Å². The molecule has 0 aromatic heterocycles. The first kappa shape index (κ1) is 38.6. The van der Waals surface area contributed by atoms with Gasteiger partial charge in [0.1, 0.15) is 23.3 Å². The van der Waals surface area contributed by atoms with E-state index >= 15 is 0 Å². The fraction of sp³-hybridized carbons (Fsp3) is 0.471. The fourth-order valence-electron chi connectivity index (χ4n) is 5.45. The van der Waals surface area contributed by atoms with Gasteiger partial charge in [0.2, 0.25) is 23.6 Å². The van der Waals surface area contributed by atoms with E-state index in [-0.39, 0.29) is 31.4 Å². The first-order valence-electron chi connectivity index (χ1n) is 17.2. The first-order chi connectivity index (χ1) is 24.5. The smallest absolute Gasteiger partial charge is 0.393 e. The monoisotopic (exact) mass is 704 g/mol. The predicted molar refractivity (Wildman–Crippen MR) is 191 cm³/mol. The summed E-state index contributed by atoms with van der Waals surface area (Å²) >= 11 is 0. The van der Waals surface area contributed by atoms with Crippen molar-refractivity contribution < 1.29 is 28.5 Å². The van der Waals surface area contributed by atoms with Gasteiger partial charge in [0.05, 0.1) is 0 Å². The third-order valence-electron chi connectivity index (χ3n) is 8.87. The number of carbonyl (C=O) groups excluding carboxylic acids is 4. The van der Waals surface area contributed by atoms with E-state index in [1.165, 1.54) is 0 Å². The van der Waals surface area contributed by atoms with Gasteiger partial charge in [-0.05, 0) is 62.5 Å². The maximum atomic E-state index is 13.4. The summed E-state index contributed by atoms with van der Waals surface area (Å²) < 4.78 is 11.9. The Labute approximate surface area is 298 Å². The Hall–Kier alpha value is -5.16. The Bertz CT molecular complexity index is 1400. The van der Waals surface area contributed by atoms with E-state index in [4.69, 9.17) is 31.6 Å². The zero-order valence-electron chi connectivity index (χ0n) is 28.7. The van der Waals surface area contributed by atoms with E-state index < -0.39 is 35.1 Å². The lowest BCUT2D eigenvalue weighted by Crippen LogP contribution is -2.49. The normalized spacial score (nSPS) is 15.9. The van der Waals surface area contributed by atoms with Crippen molar-refractivity contribution >= 4 is 43.2 Å². The van der Waals surface area contributed by atoms with Gasteiger partial charge in [0.15, 0.2) is 11.9 Å². The summed E-state index contributed by atoms with van der Waals surface area (Å²) in [5.41, 5.74) is 10.2. The van der Waals surface area contributed by atoms with Crippen molar-refractivity contribution in [3.63, 3.8) is 0 Å². The molecule has 2 aliphatic carbocycles. The highest BCUT2D eigenvalue weighted by molar-refractivity contribution is 6.18. The maximum absolute atomic E-state index is 13.4. The molecule has 2 aromatic carbocycles. The summed E-state index contributed by atoms with van der Waals surface area (Å²) in [7, 11) is -0.337. The van der Waals surface area contributed by atoms with Crippen LogP contribution < -0.4 is 43.4 Å². The average Bonchev–Trinajstić information content (AvgIpc) is 4.05. The predicted octanol–water partition coefficient (Wildman–Crippen LogP) is -0.110. The molecule has 0 aliphatic heterocycles. The molecule has 0 heterocycles. The highest BCUT2D eigenvalue weighted by atomic mass is 16.6. The molecule has 2 fully saturated rings. The number of hydrogen-bond acceptors (Lipinski definition) is 8. The van der Waals surface area contributed by atoms with Crippen LogP contribution in [0.4, 0.5) is 0 Å². The molecular weight excluding hydrogens is 655 g/mol. The molecule has 4 rings (SSSR count). The van der Waals surface area contributed by atoms with Crippen LogP contribution in [0.5, 0.6) is 0 Å². The molecule has 2 aromatic rings. The molecular formula is C34H49BN10O6. The molecule has 2 aliphatic rings. The number of benzene rings is 2. The van der Waals surface area contributed by atoms with Gasteiger partial charge in [-0.1, -0.05) is 60.7 Å². The van der Waals surface area contributed by atoms with Crippen LogP contribution in [-0.2, 0) is 41.6 Å². The number of guanidine groups is 2. The fourth-order valence-corrected chi connectivity index (χ4v) is 5.45. The van der Waals surface area contributed by atoms with Gasteiger partial charge in [-0.25, -0.2) is 0 Å². The minimum atomic E-state index is -1.20. The van der Waals surface area contributed by atoms with Crippen molar-refractivity contribution in [3.05, 3.63) is 71.8 Å². The largest absolute Gasteiger partial charge is 0.441 e. The van der Waals surface area contributed by atoms with Gasteiger partial charge < -0.3 is 52.7 Å². The topological polar surface area (TPSA) is 259 Å². The Morgan fingerprint density at radius 2 is 1.00 bits per heavy atom. The minimum Gasteiger partial charge on any atom is -0.393 e. The molecule has 0 radical (unpaired) electrons. The Balaban J connectivity index is 1.34. The van der Waals surface area contributed by atoms with Gasteiger partial charge in [0.25, 0.3) is 0 Å². The van der Waals surface area contributed by atoms with Crippen LogP contribution in [0.25, 0.3) is 0 Å². The molecule has 17 heteroatoms. The zero-order valence-corrected chi connectivity index (χ0v) is 28.7. The second kappa shape index (κ2) is 18.7. The SMILES string of the molecule is N=C(N)NCCCC(NC(=O)C1(C(=O)NCc2ccccc2)CC1)OBOC(CCCNC(=N)N)NC(=O)C1(C(=O)NCc2ccccc2)CC1. The summed E-state index contributed by atoms with van der Waals surface area (Å²) in [6.45, 7) is 1.30. The van der Waals surface area contributed by atoms with E-state index in [0.29, 0.717) is 77.5 Å². The van der Waals surface area contributed by atoms with Crippen molar-refractivity contribution in [2.45, 2.75) is 76.9 Å². The first-order valence-corrected chi connectivity index (χ1v) is 17.2. The molecule has 12 N–H and O–H groups in total. The molecule has 2 atom stereocenters. The third kappa shape index (κ3) is 12.0. The summed E-state index contributed by atoms with van der Waals surface area (Å²) in [5, 5.41) is 31.6. The maximum Gasteiger partial charge on any atom is 0.441 e. The molecule has 0 spiro atoms. The Kier molecular flexibility index (Phi) is 14.2. The van der Waals surface area contributed by atoms with Crippen molar-refractivity contribution in [2.24, 2.45) is 22.3 Å². The van der Waals surface area contributed by atoms with E-state index in [1.807, 2.05) is 60.7 Å². The number of hydrogen-bond donors (Lipinski definition) is 10. The van der Waals surface area contributed by atoms with Crippen LogP contribution >= 0.6 is 0 Å². The number of nitrogens with two attached hydrogens (primary N) is 2. The van der Waals surface area contributed by atoms with Gasteiger partial charge in [-0.2, -0.15) is 0 Å². The van der Waals surface area contributed by atoms with Crippen LogP contribution in [0, 0.1) is 21.6 Å². The second-order valence-electron chi connectivity index (χ2n) is 12.8. The number of nitrogens with one attached hydrogen (secondary N) is 8. The average molecular weight is 705 g/mol. The van der Waals surface area contributed by atoms with Gasteiger partial charge in [0, 0.05) is 26.2 Å². The van der Waals surface area contributed by atoms with E-state index in [0.717, 1.165) is 11.1 Å². The van der Waals surface area contributed by atoms with Gasteiger partial charge in [-0.3, -0.25) is 30.0 Å².